The number of nitrogens with two attached hydrogens (primary N) is 1. The van der Waals surface area contributed by atoms with Crippen molar-refractivity contribution in [3.63, 3.8) is 0 Å². The number of hydrogen-bond acceptors (Lipinski definition) is 4. The zero-order chi connectivity index (χ0) is 14.8. The van der Waals surface area contributed by atoms with Gasteiger partial charge in [-0.3, -0.25) is 0 Å². The number of rotatable bonds is 4. The summed E-state index contributed by atoms with van der Waals surface area (Å²) in [6.07, 6.45) is 0. The van der Waals surface area contributed by atoms with Crippen LogP contribution >= 0.6 is 11.6 Å². The molecule has 0 aliphatic carbocycles. The highest BCUT2D eigenvalue weighted by molar-refractivity contribution is 6.30. The Balaban J connectivity index is 2.00. The van der Waals surface area contributed by atoms with Crippen LogP contribution in [0, 0.1) is 0 Å². The lowest BCUT2D eigenvalue weighted by Crippen LogP contribution is -2.22. The van der Waals surface area contributed by atoms with Crippen LogP contribution in [0.25, 0.3) is 0 Å². The van der Waals surface area contributed by atoms with E-state index in [1.807, 2.05) is 12.1 Å². The molecule has 0 unspecified atom stereocenters. The van der Waals surface area contributed by atoms with Crippen LogP contribution in [-0.4, -0.2) is 21.6 Å². The number of nitrogen functional groups attached to an aromatic ring is 1. The summed E-state index contributed by atoms with van der Waals surface area (Å²) in [5.74, 6) is 1.25. The number of hydrogen-bond donors (Lipinski definition) is 1. The van der Waals surface area contributed by atoms with Gasteiger partial charge in [-0.25, -0.2) is 4.68 Å². The van der Waals surface area contributed by atoms with E-state index in [1.54, 1.807) is 16.8 Å². The number of halogens is 1. The fourth-order valence-corrected chi connectivity index (χ4v) is 2.16. The molecule has 108 valence electrons. The van der Waals surface area contributed by atoms with Crippen molar-refractivity contribution in [3.8, 4) is 5.75 Å². The fraction of sp³-hybridized carbons (Fsp3) is 0.429. The van der Waals surface area contributed by atoms with Gasteiger partial charge in [-0.15, -0.1) is 5.10 Å². The lowest BCUT2D eigenvalue weighted by atomic mass is 9.92. The van der Waals surface area contributed by atoms with Crippen molar-refractivity contribution in [2.24, 2.45) is 0 Å². The molecule has 2 aromatic rings. The van der Waals surface area contributed by atoms with E-state index in [2.05, 4.69) is 31.1 Å². The average molecular weight is 295 g/mol. The van der Waals surface area contributed by atoms with E-state index in [0.717, 1.165) is 11.4 Å². The van der Waals surface area contributed by atoms with Crippen LogP contribution in [-0.2, 0) is 12.0 Å². The molecule has 0 bridgehead atoms. The highest BCUT2D eigenvalue weighted by atomic mass is 35.5. The van der Waals surface area contributed by atoms with Crippen LogP contribution in [0.1, 0.15) is 26.5 Å². The number of benzene rings is 1. The molecule has 0 fully saturated rings. The number of nitrogens with zero attached hydrogens (tertiary/aromatic N) is 3. The summed E-state index contributed by atoms with van der Waals surface area (Å²) in [4.78, 5) is 0. The Kier molecular flexibility index (Phi) is 4.18. The van der Waals surface area contributed by atoms with Crippen LogP contribution in [0.3, 0.4) is 0 Å². The van der Waals surface area contributed by atoms with E-state index in [4.69, 9.17) is 22.1 Å². The average Bonchev–Trinajstić information content (AvgIpc) is 2.73. The van der Waals surface area contributed by atoms with Gasteiger partial charge in [-0.05, 0) is 24.3 Å². The van der Waals surface area contributed by atoms with Gasteiger partial charge in [0.15, 0.2) is 5.82 Å². The topological polar surface area (TPSA) is 66.0 Å². The molecule has 0 spiro atoms. The number of aromatic nitrogens is 3. The summed E-state index contributed by atoms with van der Waals surface area (Å²) in [5, 5.41) is 8.70. The Bertz CT molecular complexity index is 572. The summed E-state index contributed by atoms with van der Waals surface area (Å²) in [7, 11) is 0. The number of anilines is 1. The molecule has 0 saturated carbocycles. The zero-order valence-corrected chi connectivity index (χ0v) is 12.7. The Morgan fingerprint density at radius 2 is 1.90 bits per heavy atom. The first-order valence-corrected chi connectivity index (χ1v) is 6.83. The van der Waals surface area contributed by atoms with E-state index in [0.29, 0.717) is 24.0 Å². The Labute approximate surface area is 123 Å². The van der Waals surface area contributed by atoms with Gasteiger partial charge in [0.1, 0.15) is 12.4 Å². The molecule has 0 atom stereocenters. The molecule has 0 aliphatic rings. The first kappa shape index (κ1) is 14.7. The molecule has 0 aliphatic heterocycles. The molecule has 5 nitrogen and oxygen atoms in total. The standard InChI is InChI=1S/C14H19ClN4O/c1-14(2,3)12-13(16)17-18-19(12)8-9-20-11-6-4-10(15)5-7-11/h4-7H,8-9,16H2,1-3H3. The first-order valence-electron chi connectivity index (χ1n) is 6.46. The van der Waals surface area contributed by atoms with Crippen LogP contribution in [0.5, 0.6) is 5.75 Å². The minimum atomic E-state index is -0.103. The van der Waals surface area contributed by atoms with Crippen molar-refractivity contribution >= 4 is 17.4 Å². The molecular weight excluding hydrogens is 276 g/mol. The minimum absolute atomic E-state index is 0.103. The summed E-state index contributed by atoms with van der Waals surface area (Å²) in [5.41, 5.74) is 6.70. The molecule has 1 aromatic heterocycles. The van der Waals surface area contributed by atoms with Crippen LogP contribution in [0.4, 0.5) is 5.82 Å². The largest absolute Gasteiger partial charge is 0.492 e. The molecule has 0 amide bonds. The maximum atomic E-state index is 5.88. The van der Waals surface area contributed by atoms with Gasteiger partial charge in [-0.1, -0.05) is 37.6 Å². The molecule has 1 heterocycles. The van der Waals surface area contributed by atoms with Crippen molar-refractivity contribution in [3.05, 3.63) is 35.0 Å². The molecule has 20 heavy (non-hydrogen) atoms. The van der Waals surface area contributed by atoms with E-state index in [-0.39, 0.29) is 5.41 Å². The van der Waals surface area contributed by atoms with E-state index in [9.17, 15) is 0 Å². The predicted octanol–water partition coefficient (Wildman–Crippen LogP) is 2.89. The van der Waals surface area contributed by atoms with Crippen LogP contribution in [0.15, 0.2) is 24.3 Å². The second-order valence-corrected chi connectivity index (χ2v) is 6.04. The molecule has 2 N–H and O–H groups in total. The second kappa shape index (κ2) is 5.71. The van der Waals surface area contributed by atoms with Gasteiger partial charge in [0.2, 0.25) is 0 Å². The van der Waals surface area contributed by atoms with Gasteiger partial charge < -0.3 is 10.5 Å². The maximum absolute atomic E-state index is 5.88. The fourth-order valence-electron chi connectivity index (χ4n) is 2.04. The quantitative estimate of drug-likeness (QED) is 0.941. The zero-order valence-electron chi connectivity index (χ0n) is 11.9. The molecule has 0 radical (unpaired) electrons. The van der Waals surface area contributed by atoms with Crippen molar-refractivity contribution in [2.45, 2.75) is 32.7 Å². The molecular formula is C14H19ClN4O. The highest BCUT2D eigenvalue weighted by Crippen LogP contribution is 2.25. The van der Waals surface area contributed by atoms with Gasteiger partial charge >= 0.3 is 0 Å². The normalized spacial score (nSPS) is 11.6. The molecule has 6 heteroatoms. The van der Waals surface area contributed by atoms with E-state index >= 15 is 0 Å². The third-order valence-electron chi connectivity index (χ3n) is 2.86. The van der Waals surface area contributed by atoms with E-state index < -0.39 is 0 Å². The van der Waals surface area contributed by atoms with Gasteiger partial charge in [-0.2, -0.15) is 0 Å². The highest BCUT2D eigenvalue weighted by Gasteiger charge is 2.23. The van der Waals surface area contributed by atoms with Crippen LogP contribution < -0.4 is 10.5 Å². The van der Waals surface area contributed by atoms with E-state index in [1.165, 1.54) is 0 Å². The Hall–Kier alpha value is -1.75. The Morgan fingerprint density at radius 1 is 1.25 bits per heavy atom. The van der Waals surface area contributed by atoms with Gasteiger partial charge in [0, 0.05) is 10.4 Å². The van der Waals surface area contributed by atoms with Crippen LogP contribution in [0.2, 0.25) is 5.02 Å². The molecule has 0 saturated heterocycles. The van der Waals surface area contributed by atoms with Gasteiger partial charge in [0.25, 0.3) is 0 Å². The monoisotopic (exact) mass is 294 g/mol. The molecule has 1 aromatic carbocycles. The second-order valence-electron chi connectivity index (χ2n) is 5.60. The summed E-state index contributed by atoms with van der Waals surface area (Å²) < 4.78 is 7.45. The first-order chi connectivity index (χ1) is 9.38. The minimum Gasteiger partial charge on any atom is -0.492 e. The summed E-state index contributed by atoms with van der Waals surface area (Å²) in [6, 6.07) is 7.27. The SMILES string of the molecule is CC(C)(C)c1c(N)nnn1CCOc1ccc(Cl)cc1. The van der Waals surface area contributed by atoms with Crippen molar-refractivity contribution < 1.29 is 4.74 Å². The van der Waals surface area contributed by atoms with Crippen molar-refractivity contribution in [1.29, 1.82) is 0 Å². The third-order valence-corrected chi connectivity index (χ3v) is 3.11. The molecule has 2 rings (SSSR count). The lowest BCUT2D eigenvalue weighted by Gasteiger charge is -2.20. The van der Waals surface area contributed by atoms with Crippen molar-refractivity contribution in [1.82, 2.24) is 15.0 Å². The Morgan fingerprint density at radius 3 is 2.50 bits per heavy atom. The smallest absolute Gasteiger partial charge is 0.169 e. The van der Waals surface area contributed by atoms with Crippen molar-refractivity contribution in [2.75, 3.05) is 12.3 Å². The predicted molar refractivity (Wildman–Crippen MR) is 80.1 cm³/mol. The summed E-state index contributed by atoms with van der Waals surface area (Å²) >= 11 is 5.82. The summed E-state index contributed by atoms with van der Waals surface area (Å²) in [6.45, 7) is 7.34. The van der Waals surface area contributed by atoms with Gasteiger partial charge in [0.05, 0.1) is 12.2 Å². The number of ether oxygens (including phenoxy) is 1. The maximum Gasteiger partial charge on any atom is 0.169 e. The third kappa shape index (κ3) is 3.42. The lowest BCUT2D eigenvalue weighted by molar-refractivity contribution is 0.283.